The third-order valence-electron chi connectivity index (χ3n) is 4.46. The number of aliphatic carboxylic acids is 1. The van der Waals surface area contributed by atoms with Gasteiger partial charge in [0.2, 0.25) is 11.8 Å². The summed E-state index contributed by atoms with van der Waals surface area (Å²) in [6, 6.07) is 0. The van der Waals surface area contributed by atoms with Crippen LogP contribution in [-0.2, 0) is 9.59 Å². The van der Waals surface area contributed by atoms with Crippen LogP contribution in [-0.4, -0.2) is 40.9 Å². The first-order chi connectivity index (χ1) is 9.39. The summed E-state index contributed by atoms with van der Waals surface area (Å²) in [6.45, 7) is 0.866. The fourth-order valence-electron chi connectivity index (χ4n) is 3.11. The number of amides is 1. The molecule has 2 fully saturated rings. The van der Waals surface area contributed by atoms with Crippen LogP contribution in [0.15, 0.2) is 0 Å². The Morgan fingerprint density at radius 3 is 2.25 bits per heavy atom. The number of carbonyl (C=O) groups excluding carboxylic acids is 1. The fourth-order valence-corrected chi connectivity index (χ4v) is 3.11. The molecule has 0 spiro atoms. The molecule has 1 aliphatic carbocycles. The second kappa shape index (κ2) is 6.06. The van der Waals surface area contributed by atoms with Crippen molar-refractivity contribution in [1.29, 1.82) is 0 Å². The zero-order chi connectivity index (χ0) is 14.8. The lowest BCUT2D eigenvalue weighted by atomic mass is 9.93. The summed E-state index contributed by atoms with van der Waals surface area (Å²) >= 11 is 0. The number of carboxylic acid groups (broad SMARTS) is 1. The van der Waals surface area contributed by atoms with Gasteiger partial charge in [0.25, 0.3) is 0 Å². The van der Waals surface area contributed by atoms with Crippen LogP contribution in [0.5, 0.6) is 0 Å². The number of halogens is 2. The van der Waals surface area contributed by atoms with Crippen LogP contribution in [0.1, 0.15) is 44.9 Å². The van der Waals surface area contributed by atoms with Gasteiger partial charge >= 0.3 is 5.97 Å². The van der Waals surface area contributed by atoms with Crippen LogP contribution in [0.2, 0.25) is 0 Å². The molecule has 1 saturated heterocycles. The van der Waals surface area contributed by atoms with Crippen molar-refractivity contribution >= 4 is 11.9 Å². The van der Waals surface area contributed by atoms with Crippen molar-refractivity contribution in [3.05, 3.63) is 0 Å². The largest absolute Gasteiger partial charge is 0.481 e. The fraction of sp³-hybridized carbons (Fsp3) is 0.857. The molecule has 0 aromatic heterocycles. The molecule has 1 unspecified atom stereocenters. The van der Waals surface area contributed by atoms with Crippen molar-refractivity contribution in [3.63, 3.8) is 0 Å². The van der Waals surface area contributed by atoms with E-state index in [1.165, 1.54) is 0 Å². The summed E-state index contributed by atoms with van der Waals surface area (Å²) in [5, 5.41) is 8.92. The van der Waals surface area contributed by atoms with Gasteiger partial charge in [-0.05, 0) is 32.1 Å². The van der Waals surface area contributed by atoms with Crippen molar-refractivity contribution in [3.8, 4) is 0 Å². The van der Waals surface area contributed by atoms with Crippen LogP contribution < -0.4 is 0 Å². The number of piperidine rings is 1. The van der Waals surface area contributed by atoms with Gasteiger partial charge in [-0.2, -0.15) is 0 Å². The minimum absolute atomic E-state index is 0.0634. The van der Waals surface area contributed by atoms with Crippen LogP contribution in [0.25, 0.3) is 0 Å². The van der Waals surface area contributed by atoms with Crippen molar-refractivity contribution in [2.75, 3.05) is 13.1 Å². The molecule has 2 rings (SSSR count). The van der Waals surface area contributed by atoms with Crippen molar-refractivity contribution in [1.82, 2.24) is 4.90 Å². The number of carbonyl (C=O) groups is 2. The highest BCUT2D eigenvalue weighted by atomic mass is 19.3. The Kier molecular flexibility index (Phi) is 4.60. The van der Waals surface area contributed by atoms with Crippen LogP contribution in [0, 0.1) is 11.8 Å². The second-order valence-electron chi connectivity index (χ2n) is 5.92. The zero-order valence-electron chi connectivity index (χ0n) is 11.5. The van der Waals surface area contributed by atoms with Crippen LogP contribution in [0.4, 0.5) is 8.78 Å². The zero-order valence-corrected chi connectivity index (χ0v) is 11.5. The number of nitrogens with zero attached hydrogens (tertiary/aromatic N) is 1. The molecule has 1 saturated carbocycles. The number of hydrogen-bond acceptors (Lipinski definition) is 2. The van der Waals surface area contributed by atoms with Gasteiger partial charge in [0.15, 0.2) is 0 Å². The summed E-state index contributed by atoms with van der Waals surface area (Å²) in [4.78, 5) is 24.9. The first kappa shape index (κ1) is 15.2. The summed E-state index contributed by atoms with van der Waals surface area (Å²) in [7, 11) is 0. The molecule has 20 heavy (non-hydrogen) atoms. The van der Waals surface area contributed by atoms with Crippen molar-refractivity contribution < 1.29 is 23.5 Å². The first-order valence-corrected chi connectivity index (χ1v) is 7.28. The van der Waals surface area contributed by atoms with E-state index >= 15 is 0 Å². The Morgan fingerprint density at radius 2 is 1.65 bits per heavy atom. The number of rotatable bonds is 2. The van der Waals surface area contributed by atoms with E-state index in [0.717, 1.165) is 0 Å². The van der Waals surface area contributed by atoms with Gasteiger partial charge < -0.3 is 10.0 Å². The Balaban J connectivity index is 1.87. The highest BCUT2D eigenvalue weighted by Gasteiger charge is 2.37. The molecule has 0 aromatic carbocycles. The summed E-state index contributed by atoms with van der Waals surface area (Å²) in [5.74, 6) is -4.20. The number of hydrogen-bond donors (Lipinski definition) is 1. The Labute approximate surface area is 117 Å². The summed E-state index contributed by atoms with van der Waals surface area (Å²) in [5.41, 5.74) is 0. The third-order valence-corrected chi connectivity index (χ3v) is 4.46. The highest BCUT2D eigenvalue weighted by Crippen LogP contribution is 2.35. The van der Waals surface area contributed by atoms with Gasteiger partial charge in [-0.1, -0.05) is 0 Å². The van der Waals surface area contributed by atoms with E-state index in [4.69, 9.17) is 5.11 Å². The number of likely N-dealkylation sites (tertiary alicyclic amines) is 1. The standard InChI is InChI=1S/C14H21F2NO3/c15-14(16)6-1-2-10(3-7-14)12(18)17-8-4-11(5-9-17)13(19)20/h10-11H,1-9H2,(H,19,20). The molecule has 4 nitrogen and oxygen atoms in total. The maximum atomic E-state index is 13.3. The van der Waals surface area contributed by atoms with Gasteiger partial charge in [-0.25, -0.2) is 8.78 Å². The molecule has 0 radical (unpaired) electrons. The molecule has 1 amide bonds. The molecular formula is C14H21F2NO3. The summed E-state index contributed by atoms with van der Waals surface area (Å²) in [6.07, 6.45) is 1.73. The van der Waals surface area contributed by atoms with E-state index in [1.807, 2.05) is 0 Å². The average Bonchev–Trinajstić information content (AvgIpc) is 2.59. The predicted octanol–water partition coefficient (Wildman–Crippen LogP) is 2.53. The van der Waals surface area contributed by atoms with Gasteiger partial charge in [0, 0.05) is 31.8 Å². The van der Waals surface area contributed by atoms with E-state index in [2.05, 4.69) is 0 Å². The smallest absolute Gasteiger partial charge is 0.306 e. The molecule has 2 aliphatic rings. The SMILES string of the molecule is O=C(O)C1CCN(C(=O)C2CCCC(F)(F)CC2)CC1. The van der Waals surface area contributed by atoms with Gasteiger partial charge in [0.05, 0.1) is 5.92 Å². The molecule has 114 valence electrons. The Bertz CT molecular complexity index is 379. The van der Waals surface area contributed by atoms with Crippen molar-refractivity contribution in [2.45, 2.75) is 50.9 Å². The maximum absolute atomic E-state index is 13.3. The lowest BCUT2D eigenvalue weighted by Gasteiger charge is -2.32. The molecule has 1 N–H and O–H groups in total. The van der Waals surface area contributed by atoms with E-state index in [9.17, 15) is 18.4 Å². The van der Waals surface area contributed by atoms with Gasteiger partial charge in [-0.3, -0.25) is 9.59 Å². The van der Waals surface area contributed by atoms with Gasteiger partial charge in [0.1, 0.15) is 0 Å². The molecule has 1 heterocycles. The van der Waals surface area contributed by atoms with E-state index in [1.54, 1.807) is 4.90 Å². The third kappa shape index (κ3) is 3.67. The van der Waals surface area contributed by atoms with Crippen molar-refractivity contribution in [2.24, 2.45) is 11.8 Å². The molecule has 6 heteroatoms. The van der Waals surface area contributed by atoms with Crippen LogP contribution >= 0.6 is 0 Å². The molecule has 1 atom stereocenters. The monoisotopic (exact) mass is 289 g/mol. The van der Waals surface area contributed by atoms with Crippen LogP contribution in [0.3, 0.4) is 0 Å². The second-order valence-corrected chi connectivity index (χ2v) is 5.92. The summed E-state index contributed by atoms with van der Waals surface area (Å²) < 4.78 is 26.6. The highest BCUT2D eigenvalue weighted by molar-refractivity contribution is 5.79. The number of alkyl halides is 2. The molecule has 1 aliphatic heterocycles. The van der Waals surface area contributed by atoms with E-state index in [0.29, 0.717) is 38.8 Å². The molecule has 0 bridgehead atoms. The Hall–Kier alpha value is -1.20. The topological polar surface area (TPSA) is 57.6 Å². The average molecular weight is 289 g/mol. The maximum Gasteiger partial charge on any atom is 0.306 e. The minimum Gasteiger partial charge on any atom is -0.481 e. The quantitative estimate of drug-likeness (QED) is 0.795. The lowest BCUT2D eigenvalue weighted by molar-refractivity contribution is -0.147. The Morgan fingerprint density at radius 1 is 1.00 bits per heavy atom. The number of carboxylic acids is 1. The van der Waals surface area contributed by atoms with E-state index < -0.39 is 11.9 Å². The van der Waals surface area contributed by atoms with E-state index in [-0.39, 0.29) is 37.0 Å². The molecule has 0 aromatic rings. The predicted molar refractivity (Wildman–Crippen MR) is 68.5 cm³/mol. The first-order valence-electron chi connectivity index (χ1n) is 7.28. The minimum atomic E-state index is -2.63. The van der Waals surface area contributed by atoms with Gasteiger partial charge in [-0.15, -0.1) is 0 Å². The molecular weight excluding hydrogens is 268 g/mol. The normalized spacial score (nSPS) is 27.9. The lowest BCUT2D eigenvalue weighted by Crippen LogP contribution is -2.43.